The van der Waals surface area contributed by atoms with Gasteiger partial charge in [-0.05, 0) is 13.0 Å². The molecule has 0 aliphatic carbocycles. The van der Waals surface area contributed by atoms with Gasteiger partial charge >= 0.3 is 5.97 Å². The molecule has 5 heteroatoms. The first-order chi connectivity index (χ1) is 8.19. The van der Waals surface area contributed by atoms with Crippen LogP contribution >= 0.6 is 11.6 Å². The summed E-state index contributed by atoms with van der Waals surface area (Å²) in [6, 6.07) is 8.45. The first-order valence-electron chi connectivity index (χ1n) is 5.22. The lowest BCUT2D eigenvalue weighted by atomic mass is 10.1. The summed E-state index contributed by atoms with van der Waals surface area (Å²) in [5.41, 5.74) is 0.654. The third-order valence-electron chi connectivity index (χ3n) is 2.10. The van der Waals surface area contributed by atoms with E-state index in [1.54, 1.807) is 31.2 Å². The highest BCUT2D eigenvalue weighted by molar-refractivity contribution is 6.31. The van der Waals surface area contributed by atoms with Crippen LogP contribution in [0.1, 0.15) is 18.5 Å². The molecule has 1 N–H and O–H groups in total. The standard InChI is InChI=1S/C12H13ClN2O2/c1-2-17-12(16)8-15-11(7-14)9-5-3-4-6-10(9)13/h3-6,11,15H,2,8H2,1H3. The van der Waals surface area contributed by atoms with E-state index in [0.717, 1.165) is 0 Å². The summed E-state index contributed by atoms with van der Waals surface area (Å²) in [4.78, 5) is 11.2. The van der Waals surface area contributed by atoms with Crippen molar-refractivity contribution in [1.82, 2.24) is 5.32 Å². The first-order valence-corrected chi connectivity index (χ1v) is 5.60. The van der Waals surface area contributed by atoms with Crippen molar-refractivity contribution in [2.75, 3.05) is 13.2 Å². The fourth-order valence-corrected chi connectivity index (χ4v) is 1.58. The van der Waals surface area contributed by atoms with E-state index in [1.807, 2.05) is 0 Å². The smallest absolute Gasteiger partial charge is 0.319 e. The largest absolute Gasteiger partial charge is 0.465 e. The lowest BCUT2D eigenvalue weighted by Gasteiger charge is -2.12. The minimum absolute atomic E-state index is 0.0166. The number of hydrogen-bond acceptors (Lipinski definition) is 4. The van der Waals surface area contributed by atoms with Gasteiger partial charge < -0.3 is 4.74 Å². The summed E-state index contributed by atoms with van der Waals surface area (Å²) in [7, 11) is 0. The summed E-state index contributed by atoms with van der Waals surface area (Å²) >= 11 is 5.97. The van der Waals surface area contributed by atoms with Crippen LogP contribution in [0.4, 0.5) is 0 Å². The average Bonchev–Trinajstić information content (AvgIpc) is 2.32. The molecule has 1 unspecified atom stereocenters. The number of benzene rings is 1. The van der Waals surface area contributed by atoms with Crippen LogP contribution in [0.2, 0.25) is 5.02 Å². The molecule has 1 aromatic carbocycles. The van der Waals surface area contributed by atoms with Gasteiger partial charge in [-0.15, -0.1) is 0 Å². The van der Waals surface area contributed by atoms with Crippen LogP contribution in [-0.4, -0.2) is 19.1 Å². The second-order valence-electron chi connectivity index (χ2n) is 3.27. The van der Waals surface area contributed by atoms with E-state index in [-0.39, 0.29) is 12.5 Å². The number of ether oxygens (including phenoxy) is 1. The molecule has 0 fully saturated rings. The molecule has 0 bridgehead atoms. The second kappa shape index (κ2) is 6.89. The van der Waals surface area contributed by atoms with Crippen molar-refractivity contribution in [3.63, 3.8) is 0 Å². The summed E-state index contributed by atoms with van der Waals surface area (Å²) in [6.07, 6.45) is 0. The van der Waals surface area contributed by atoms with Crippen molar-refractivity contribution in [1.29, 1.82) is 5.26 Å². The zero-order valence-electron chi connectivity index (χ0n) is 9.44. The molecule has 0 heterocycles. The highest BCUT2D eigenvalue weighted by Gasteiger charge is 2.14. The van der Waals surface area contributed by atoms with Crippen molar-refractivity contribution in [3.8, 4) is 6.07 Å². The van der Waals surface area contributed by atoms with E-state index in [0.29, 0.717) is 17.2 Å². The van der Waals surface area contributed by atoms with E-state index in [4.69, 9.17) is 21.6 Å². The van der Waals surface area contributed by atoms with Gasteiger partial charge in [-0.25, -0.2) is 0 Å². The van der Waals surface area contributed by atoms with E-state index in [9.17, 15) is 4.79 Å². The zero-order chi connectivity index (χ0) is 12.7. The number of esters is 1. The fourth-order valence-electron chi connectivity index (χ4n) is 1.33. The number of carbonyl (C=O) groups excluding carboxylic acids is 1. The summed E-state index contributed by atoms with van der Waals surface area (Å²) in [6.45, 7) is 2.04. The Labute approximate surface area is 105 Å². The van der Waals surface area contributed by atoms with Crippen LogP contribution in [0.25, 0.3) is 0 Å². The molecule has 0 saturated heterocycles. The van der Waals surface area contributed by atoms with Crippen molar-refractivity contribution < 1.29 is 9.53 Å². The lowest BCUT2D eigenvalue weighted by Crippen LogP contribution is -2.28. The molecule has 0 radical (unpaired) electrons. The van der Waals surface area contributed by atoms with Gasteiger partial charge in [-0.1, -0.05) is 29.8 Å². The number of rotatable bonds is 5. The van der Waals surface area contributed by atoms with Crippen molar-refractivity contribution in [2.24, 2.45) is 0 Å². The molecule has 90 valence electrons. The Morgan fingerprint density at radius 2 is 2.29 bits per heavy atom. The maximum atomic E-state index is 11.2. The number of nitrogens with zero attached hydrogens (tertiary/aromatic N) is 1. The topological polar surface area (TPSA) is 62.1 Å². The third-order valence-corrected chi connectivity index (χ3v) is 2.45. The Kier molecular flexibility index (Phi) is 5.47. The van der Waals surface area contributed by atoms with Gasteiger partial charge in [0.15, 0.2) is 0 Å². The molecular weight excluding hydrogens is 240 g/mol. The first kappa shape index (κ1) is 13.5. The molecule has 0 aliphatic heterocycles. The Balaban J connectivity index is 2.65. The summed E-state index contributed by atoms with van der Waals surface area (Å²) in [5, 5.41) is 12.3. The normalized spacial score (nSPS) is 11.6. The van der Waals surface area contributed by atoms with Gasteiger partial charge in [0.1, 0.15) is 6.04 Å². The molecule has 0 spiro atoms. The Hall–Kier alpha value is -1.57. The SMILES string of the molecule is CCOC(=O)CNC(C#N)c1ccccc1Cl. The Morgan fingerprint density at radius 3 is 2.88 bits per heavy atom. The molecule has 1 rings (SSSR count). The predicted molar refractivity (Wildman–Crippen MR) is 64.4 cm³/mol. The highest BCUT2D eigenvalue weighted by atomic mass is 35.5. The van der Waals surface area contributed by atoms with Crippen molar-refractivity contribution in [3.05, 3.63) is 34.9 Å². The van der Waals surface area contributed by atoms with E-state index >= 15 is 0 Å². The van der Waals surface area contributed by atoms with Gasteiger partial charge in [0, 0.05) is 10.6 Å². The number of carbonyl (C=O) groups is 1. The van der Waals surface area contributed by atoms with Crippen molar-refractivity contribution in [2.45, 2.75) is 13.0 Å². The number of hydrogen-bond donors (Lipinski definition) is 1. The molecule has 17 heavy (non-hydrogen) atoms. The van der Waals surface area contributed by atoms with Crippen LogP contribution in [0, 0.1) is 11.3 Å². The van der Waals surface area contributed by atoms with Crippen LogP contribution in [0.3, 0.4) is 0 Å². The lowest BCUT2D eigenvalue weighted by molar-refractivity contribution is -0.142. The minimum atomic E-state index is -0.617. The highest BCUT2D eigenvalue weighted by Crippen LogP contribution is 2.21. The van der Waals surface area contributed by atoms with E-state index in [1.165, 1.54) is 0 Å². The van der Waals surface area contributed by atoms with Crippen LogP contribution in [0.5, 0.6) is 0 Å². The third kappa shape index (κ3) is 4.06. The molecule has 0 amide bonds. The van der Waals surface area contributed by atoms with Gasteiger partial charge in [0.2, 0.25) is 0 Å². The number of halogens is 1. The monoisotopic (exact) mass is 252 g/mol. The zero-order valence-corrected chi connectivity index (χ0v) is 10.2. The fraction of sp³-hybridized carbons (Fsp3) is 0.333. The van der Waals surface area contributed by atoms with Crippen LogP contribution < -0.4 is 5.32 Å². The summed E-state index contributed by atoms with van der Waals surface area (Å²) in [5.74, 6) is -0.389. The Morgan fingerprint density at radius 1 is 1.59 bits per heavy atom. The molecule has 0 aromatic heterocycles. The Bertz CT molecular complexity index is 429. The summed E-state index contributed by atoms with van der Waals surface area (Å²) < 4.78 is 4.76. The van der Waals surface area contributed by atoms with E-state index < -0.39 is 6.04 Å². The quantitative estimate of drug-likeness (QED) is 0.815. The minimum Gasteiger partial charge on any atom is -0.465 e. The molecular formula is C12H13ClN2O2. The average molecular weight is 253 g/mol. The molecule has 0 aliphatic rings. The maximum Gasteiger partial charge on any atom is 0.319 e. The number of nitrogens with one attached hydrogen (secondary N) is 1. The predicted octanol–water partition coefficient (Wildman–Crippen LogP) is 2.06. The van der Waals surface area contributed by atoms with Crippen LogP contribution in [0.15, 0.2) is 24.3 Å². The van der Waals surface area contributed by atoms with E-state index in [2.05, 4.69) is 11.4 Å². The number of nitriles is 1. The van der Waals surface area contributed by atoms with Gasteiger partial charge in [0.25, 0.3) is 0 Å². The molecule has 0 saturated carbocycles. The van der Waals surface area contributed by atoms with Crippen molar-refractivity contribution >= 4 is 17.6 Å². The molecule has 4 nitrogen and oxygen atoms in total. The second-order valence-corrected chi connectivity index (χ2v) is 3.68. The van der Waals surface area contributed by atoms with Crippen LogP contribution in [-0.2, 0) is 9.53 Å². The van der Waals surface area contributed by atoms with Gasteiger partial charge in [-0.3, -0.25) is 10.1 Å². The molecule has 1 aromatic rings. The molecule has 1 atom stereocenters. The maximum absolute atomic E-state index is 11.2. The van der Waals surface area contributed by atoms with Gasteiger partial charge in [0.05, 0.1) is 19.2 Å². The van der Waals surface area contributed by atoms with Gasteiger partial charge in [-0.2, -0.15) is 5.26 Å².